The molecule has 19 heavy (non-hydrogen) atoms. The second-order valence-corrected chi connectivity index (χ2v) is 6.04. The zero-order valence-electron chi connectivity index (χ0n) is 10.8. The van der Waals surface area contributed by atoms with Crippen molar-refractivity contribution in [3.8, 4) is 17.0 Å². The highest BCUT2D eigenvalue weighted by molar-refractivity contribution is 7.90. The third-order valence-electron chi connectivity index (χ3n) is 2.61. The van der Waals surface area contributed by atoms with Crippen molar-refractivity contribution in [1.29, 1.82) is 0 Å². The summed E-state index contributed by atoms with van der Waals surface area (Å²) < 4.78 is 29.2. The standard InChI is InChI=1S/C14H15NO3S/c1-3-18-12-8-5-4-7-11(12)14-13(19(2,16)17)9-6-10-15-14/h4-10H,3H2,1-2H3. The van der Waals surface area contributed by atoms with Gasteiger partial charge in [0.25, 0.3) is 0 Å². The molecule has 0 amide bonds. The van der Waals surface area contributed by atoms with Crippen LogP contribution in [0.5, 0.6) is 5.75 Å². The number of sulfone groups is 1. The van der Waals surface area contributed by atoms with E-state index in [0.717, 1.165) is 0 Å². The van der Waals surface area contributed by atoms with Crippen molar-refractivity contribution in [1.82, 2.24) is 4.98 Å². The zero-order chi connectivity index (χ0) is 13.9. The fraction of sp³-hybridized carbons (Fsp3) is 0.214. The van der Waals surface area contributed by atoms with E-state index in [4.69, 9.17) is 4.74 Å². The van der Waals surface area contributed by atoms with E-state index in [1.165, 1.54) is 6.26 Å². The molecule has 1 aromatic carbocycles. The first-order chi connectivity index (χ1) is 9.04. The quantitative estimate of drug-likeness (QED) is 0.861. The van der Waals surface area contributed by atoms with E-state index >= 15 is 0 Å². The van der Waals surface area contributed by atoms with E-state index in [-0.39, 0.29) is 4.90 Å². The lowest BCUT2D eigenvalue weighted by molar-refractivity contribution is 0.341. The molecule has 0 saturated carbocycles. The molecule has 0 radical (unpaired) electrons. The lowest BCUT2D eigenvalue weighted by Gasteiger charge is -2.11. The number of rotatable bonds is 4. The summed E-state index contributed by atoms with van der Waals surface area (Å²) in [5, 5.41) is 0. The highest BCUT2D eigenvalue weighted by atomic mass is 32.2. The number of aromatic nitrogens is 1. The molecule has 100 valence electrons. The maximum absolute atomic E-state index is 11.8. The van der Waals surface area contributed by atoms with E-state index in [1.807, 2.05) is 25.1 Å². The van der Waals surface area contributed by atoms with E-state index < -0.39 is 9.84 Å². The van der Waals surface area contributed by atoms with Gasteiger partial charge >= 0.3 is 0 Å². The van der Waals surface area contributed by atoms with Gasteiger partial charge in [-0.2, -0.15) is 0 Å². The van der Waals surface area contributed by atoms with Gasteiger partial charge in [0, 0.05) is 18.0 Å². The first-order valence-electron chi connectivity index (χ1n) is 5.91. The van der Waals surface area contributed by atoms with Gasteiger partial charge in [-0.25, -0.2) is 8.42 Å². The summed E-state index contributed by atoms with van der Waals surface area (Å²) in [4.78, 5) is 4.41. The molecule has 4 nitrogen and oxygen atoms in total. The van der Waals surface area contributed by atoms with Crippen molar-refractivity contribution < 1.29 is 13.2 Å². The van der Waals surface area contributed by atoms with Crippen LogP contribution in [0, 0.1) is 0 Å². The molecule has 0 atom stereocenters. The van der Waals surface area contributed by atoms with Crippen molar-refractivity contribution in [3.05, 3.63) is 42.6 Å². The summed E-state index contributed by atoms with van der Waals surface area (Å²) in [7, 11) is -3.33. The van der Waals surface area contributed by atoms with Crippen LogP contribution in [0.25, 0.3) is 11.3 Å². The summed E-state index contributed by atoms with van der Waals surface area (Å²) in [5.74, 6) is 0.633. The smallest absolute Gasteiger partial charge is 0.177 e. The van der Waals surface area contributed by atoms with Gasteiger partial charge in [-0.3, -0.25) is 4.98 Å². The van der Waals surface area contributed by atoms with Gasteiger partial charge in [-0.15, -0.1) is 0 Å². The Bertz CT molecular complexity index is 681. The predicted molar refractivity (Wildman–Crippen MR) is 74.0 cm³/mol. The fourth-order valence-electron chi connectivity index (χ4n) is 1.84. The van der Waals surface area contributed by atoms with Crippen molar-refractivity contribution >= 4 is 9.84 Å². The molecule has 2 aromatic rings. The second-order valence-electron chi connectivity index (χ2n) is 4.05. The van der Waals surface area contributed by atoms with Gasteiger partial charge in [0.2, 0.25) is 0 Å². The maximum Gasteiger partial charge on any atom is 0.177 e. The third kappa shape index (κ3) is 2.93. The zero-order valence-corrected chi connectivity index (χ0v) is 11.6. The van der Waals surface area contributed by atoms with Gasteiger partial charge in [-0.1, -0.05) is 12.1 Å². The number of para-hydroxylation sites is 1. The maximum atomic E-state index is 11.8. The Hall–Kier alpha value is -1.88. The molecule has 1 heterocycles. The second kappa shape index (κ2) is 5.40. The SMILES string of the molecule is CCOc1ccccc1-c1ncccc1S(C)(=O)=O. The Balaban J connectivity index is 2.66. The normalized spacial score (nSPS) is 11.3. The largest absolute Gasteiger partial charge is 0.493 e. The molecule has 0 aliphatic carbocycles. The number of ether oxygens (including phenoxy) is 1. The minimum absolute atomic E-state index is 0.210. The highest BCUT2D eigenvalue weighted by Crippen LogP contribution is 2.32. The van der Waals surface area contributed by atoms with Crippen LogP contribution in [0.1, 0.15) is 6.92 Å². The molecular formula is C14H15NO3S. The Morgan fingerprint density at radius 1 is 1.16 bits per heavy atom. The fourth-order valence-corrected chi connectivity index (χ4v) is 2.68. The molecule has 0 N–H and O–H groups in total. The molecule has 0 bridgehead atoms. The summed E-state index contributed by atoms with van der Waals surface area (Å²) in [6.45, 7) is 2.39. The van der Waals surface area contributed by atoms with Crippen LogP contribution in [0.15, 0.2) is 47.5 Å². The Morgan fingerprint density at radius 3 is 2.58 bits per heavy atom. The summed E-state index contributed by atoms with van der Waals surface area (Å²) in [5.41, 5.74) is 1.11. The van der Waals surface area contributed by atoms with Gasteiger partial charge in [0.05, 0.1) is 17.2 Å². The van der Waals surface area contributed by atoms with Gasteiger partial charge in [0.1, 0.15) is 5.75 Å². The first-order valence-corrected chi connectivity index (χ1v) is 7.80. The molecule has 5 heteroatoms. The van der Waals surface area contributed by atoms with Crippen molar-refractivity contribution in [2.75, 3.05) is 12.9 Å². The van der Waals surface area contributed by atoms with Crippen LogP contribution in [0.3, 0.4) is 0 Å². The molecule has 2 rings (SSSR count). The van der Waals surface area contributed by atoms with Crippen LogP contribution in [-0.2, 0) is 9.84 Å². The number of nitrogens with zero attached hydrogens (tertiary/aromatic N) is 1. The average molecular weight is 277 g/mol. The van der Waals surface area contributed by atoms with Crippen LogP contribution in [0.2, 0.25) is 0 Å². The minimum atomic E-state index is -3.33. The monoisotopic (exact) mass is 277 g/mol. The molecule has 0 spiro atoms. The molecule has 0 unspecified atom stereocenters. The molecule has 0 aliphatic heterocycles. The molecule has 0 saturated heterocycles. The van der Waals surface area contributed by atoms with Crippen LogP contribution in [0.4, 0.5) is 0 Å². The highest BCUT2D eigenvalue weighted by Gasteiger charge is 2.17. The summed E-state index contributed by atoms with van der Waals surface area (Å²) >= 11 is 0. The average Bonchev–Trinajstić information content (AvgIpc) is 2.39. The van der Waals surface area contributed by atoms with Crippen molar-refractivity contribution in [2.45, 2.75) is 11.8 Å². The van der Waals surface area contributed by atoms with E-state index in [9.17, 15) is 8.42 Å². The molecule has 0 aliphatic rings. The molecular weight excluding hydrogens is 262 g/mol. The van der Waals surface area contributed by atoms with Gasteiger partial charge in [0.15, 0.2) is 9.84 Å². The molecule has 1 aromatic heterocycles. The lowest BCUT2D eigenvalue weighted by Crippen LogP contribution is -2.03. The lowest BCUT2D eigenvalue weighted by atomic mass is 10.1. The summed E-state index contributed by atoms with van der Waals surface area (Å²) in [6, 6.07) is 10.5. The predicted octanol–water partition coefficient (Wildman–Crippen LogP) is 2.55. The minimum Gasteiger partial charge on any atom is -0.493 e. The van der Waals surface area contributed by atoms with Crippen LogP contribution < -0.4 is 4.74 Å². The number of benzene rings is 1. The van der Waals surface area contributed by atoms with Crippen molar-refractivity contribution in [2.24, 2.45) is 0 Å². The topological polar surface area (TPSA) is 56.3 Å². The third-order valence-corrected chi connectivity index (χ3v) is 3.74. The van der Waals surface area contributed by atoms with Gasteiger partial charge < -0.3 is 4.74 Å². The molecule has 0 fully saturated rings. The van der Waals surface area contributed by atoms with Crippen molar-refractivity contribution in [3.63, 3.8) is 0 Å². The Labute approximate surface area is 113 Å². The van der Waals surface area contributed by atoms with Crippen LogP contribution >= 0.6 is 0 Å². The number of pyridine rings is 1. The van der Waals surface area contributed by atoms with E-state index in [0.29, 0.717) is 23.6 Å². The van der Waals surface area contributed by atoms with E-state index in [1.54, 1.807) is 24.4 Å². The van der Waals surface area contributed by atoms with E-state index in [2.05, 4.69) is 4.98 Å². The first kappa shape index (κ1) is 13.5. The number of hydrogen-bond donors (Lipinski definition) is 0. The Morgan fingerprint density at radius 2 is 1.89 bits per heavy atom. The number of hydrogen-bond acceptors (Lipinski definition) is 4. The van der Waals surface area contributed by atoms with Gasteiger partial charge in [-0.05, 0) is 31.2 Å². The van der Waals surface area contributed by atoms with Crippen LogP contribution in [-0.4, -0.2) is 26.3 Å². The summed E-state index contributed by atoms with van der Waals surface area (Å²) in [6.07, 6.45) is 2.75. The Kier molecular flexibility index (Phi) is 3.85.